The molecule has 3 aromatic carbocycles. The molecular weight excluding hydrogens is 745 g/mol. The number of anilines is 2. The molecule has 3 aliphatic carbocycles. The summed E-state index contributed by atoms with van der Waals surface area (Å²) in [6, 6.07) is 19.3. The maximum atomic E-state index is 14.0. The summed E-state index contributed by atoms with van der Waals surface area (Å²) in [4.78, 5) is 42.7. The molecule has 2 atom stereocenters. The fourth-order valence-corrected chi connectivity index (χ4v) is 10.4. The van der Waals surface area contributed by atoms with Crippen LogP contribution in [0.15, 0.2) is 77.7 Å². The van der Waals surface area contributed by atoms with Gasteiger partial charge in [-0.05, 0) is 109 Å². The first-order chi connectivity index (χ1) is 27.4. The summed E-state index contributed by atoms with van der Waals surface area (Å²) in [6.07, 6.45) is 8.14. The Morgan fingerprint density at radius 1 is 0.930 bits per heavy atom. The number of carbonyl (C=O) groups is 2. The quantitative estimate of drug-likeness (QED) is 0.139. The summed E-state index contributed by atoms with van der Waals surface area (Å²) >= 11 is 0. The lowest BCUT2D eigenvalue weighted by Crippen LogP contribution is -2.48. The van der Waals surface area contributed by atoms with Gasteiger partial charge in [0.15, 0.2) is 0 Å². The highest BCUT2D eigenvalue weighted by atomic mass is 32.2. The summed E-state index contributed by atoms with van der Waals surface area (Å²) in [7, 11) is -4.39. The lowest BCUT2D eigenvalue weighted by Gasteiger charge is -2.40. The van der Waals surface area contributed by atoms with Crippen molar-refractivity contribution in [2.45, 2.75) is 69.9 Å². The predicted molar refractivity (Wildman–Crippen MR) is 218 cm³/mol. The highest BCUT2D eigenvalue weighted by Gasteiger charge is 2.64. The second-order valence-corrected chi connectivity index (χ2v) is 18.6. The molecule has 13 nitrogen and oxygen atoms in total. The van der Waals surface area contributed by atoms with E-state index in [-0.39, 0.29) is 33.2 Å². The Morgan fingerprint density at radius 2 is 1.65 bits per heavy atom. The molecule has 57 heavy (non-hydrogen) atoms. The summed E-state index contributed by atoms with van der Waals surface area (Å²) in [6.45, 7) is 10.3. The van der Waals surface area contributed by atoms with E-state index in [2.05, 4.69) is 69.3 Å². The monoisotopic (exact) mass is 796 g/mol. The average Bonchev–Trinajstić information content (AvgIpc) is 3.96. The molecule has 2 unspecified atom stereocenters. The van der Waals surface area contributed by atoms with Crippen molar-refractivity contribution in [2.75, 3.05) is 56.2 Å². The minimum Gasteiger partial charge on any atom is -0.381 e. The number of rotatable bonds is 13. The van der Waals surface area contributed by atoms with Crippen molar-refractivity contribution < 1.29 is 27.7 Å². The van der Waals surface area contributed by atoms with Crippen molar-refractivity contribution in [3.05, 3.63) is 99.6 Å². The van der Waals surface area contributed by atoms with E-state index in [9.17, 15) is 28.1 Å². The number of sulfonamides is 1. The minimum atomic E-state index is -4.39. The van der Waals surface area contributed by atoms with Gasteiger partial charge in [0.1, 0.15) is 5.69 Å². The van der Waals surface area contributed by atoms with Crippen molar-refractivity contribution in [3.63, 3.8) is 0 Å². The Morgan fingerprint density at radius 3 is 2.33 bits per heavy atom. The van der Waals surface area contributed by atoms with Crippen molar-refractivity contribution in [1.29, 1.82) is 0 Å². The Balaban J connectivity index is 0.879. The summed E-state index contributed by atoms with van der Waals surface area (Å²) < 4.78 is 33.9. The van der Waals surface area contributed by atoms with Gasteiger partial charge in [0, 0.05) is 75.8 Å². The van der Waals surface area contributed by atoms with Gasteiger partial charge in [-0.3, -0.25) is 24.6 Å². The molecule has 2 bridgehead atoms. The Labute approximate surface area is 334 Å². The number of nitro benzene ring substituents is 1. The van der Waals surface area contributed by atoms with Crippen LogP contribution < -0.4 is 20.3 Å². The number of nitro groups is 1. The van der Waals surface area contributed by atoms with Gasteiger partial charge in [0.2, 0.25) is 5.91 Å². The van der Waals surface area contributed by atoms with Gasteiger partial charge in [0.25, 0.3) is 21.6 Å². The van der Waals surface area contributed by atoms with Crippen LogP contribution in [0.25, 0.3) is 5.57 Å². The third-order valence-electron chi connectivity index (χ3n) is 13.2. The number of carbonyl (C=O) groups excluding carboxylic acids is 2. The van der Waals surface area contributed by atoms with Crippen LogP contribution in [0.1, 0.15) is 73.9 Å². The molecule has 14 heteroatoms. The number of nitrogens with one attached hydrogen (secondary N) is 3. The Bertz CT molecular complexity index is 2170. The zero-order valence-corrected chi connectivity index (χ0v) is 33.5. The van der Waals surface area contributed by atoms with Gasteiger partial charge >= 0.3 is 0 Å². The SMILES string of the molecule is CC1(C)C2C=C(c3ccccc3CN3CCN(c4ccc(C(=O)NS(=O)(=O)c5ccc(NCC6CCOCC6)c([N+](=O)[O-])c5)cc4)CC3)C1(C(=O)NC1CC1)CC2. The van der Waals surface area contributed by atoms with E-state index in [4.69, 9.17) is 4.74 Å². The number of amides is 2. The largest absolute Gasteiger partial charge is 0.381 e. The van der Waals surface area contributed by atoms with Crippen molar-refractivity contribution in [1.82, 2.24) is 14.9 Å². The molecule has 2 saturated heterocycles. The fraction of sp³-hybridized carbons (Fsp3) is 0.488. The van der Waals surface area contributed by atoms with Gasteiger partial charge in [-0.2, -0.15) is 0 Å². The number of nitrogens with zero attached hydrogens (tertiary/aromatic N) is 3. The predicted octanol–water partition coefficient (Wildman–Crippen LogP) is 5.97. The Hall–Kier alpha value is -4.79. The normalized spacial score (nSPS) is 23.5. The molecule has 0 spiro atoms. The van der Waals surface area contributed by atoms with E-state index in [0.29, 0.717) is 37.6 Å². The first-order valence-electron chi connectivity index (χ1n) is 20.2. The van der Waals surface area contributed by atoms with Crippen molar-refractivity contribution in [3.8, 4) is 0 Å². The number of allylic oxidation sites excluding steroid dienone is 1. The number of benzene rings is 3. The second-order valence-electron chi connectivity index (χ2n) is 16.9. The Kier molecular flexibility index (Phi) is 10.6. The topological polar surface area (TPSA) is 163 Å². The number of ether oxygens (including phenoxy) is 1. The lowest BCUT2D eigenvalue weighted by molar-refractivity contribution is -0.384. The van der Waals surface area contributed by atoms with Crippen LogP contribution in [-0.2, 0) is 26.1 Å². The molecule has 0 aromatic heterocycles. The third kappa shape index (κ3) is 7.66. The van der Waals surface area contributed by atoms with E-state index < -0.39 is 26.3 Å². The fourth-order valence-electron chi connectivity index (χ4n) is 9.45. The molecule has 0 radical (unpaired) electrons. The molecule has 302 valence electrons. The molecule has 8 rings (SSSR count). The highest BCUT2D eigenvalue weighted by Crippen LogP contribution is 2.68. The highest BCUT2D eigenvalue weighted by molar-refractivity contribution is 7.90. The second kappa shape index (κ2) is 15.5. The van der Waals surface area contributed by atoms with Gasteiger partial charge in [-0.1, -0.05) is 44.2 Å². The first-order valence-corrected chi connectivity index (χ1v) is 21.7. The molecule has 2 saturated carbocycles. The molecule has 2 amide bonds. The minimum absolute atomic E-state index is 0.136. The van der Waals surface area contributed by atoms with E-state index >= 15 is 0 Å². The number of hydrogen-bond acceptors (Lipinski definition) is 10. The zero-order valence-electron chi connectivity index (χ0n) is 32.7. The van der Waals surface area contributed by atoms with E-state index in [1.165, 1.54) is 28.8 Å². The number of fused-ring (bicyclic) bond motifs is 2. The van der Waals surface area contributed by atoms with Gasteiger partial charge in [0.05, 0.1) is 15.2 Å². The van der Waals surface area contributed by atoms with Crippen LogP contribution in [0, 0.1) is 32.8 Å². The van der Waals surface area contributed by atoms with Crippen LogP contribution in [0.5, 0.6) is 0 Å². The van der Waals surface area contributed by atoms with Crippen LogP contribution >= 0.6 is 0 Å². The van der Waals surface area contributed by atoms with Crippen LogP contribution in [0.2, 0.25) is 0 Å². The molecular formula is C43H52N6O7S. The smallest absolute Gasteiger partial charge is 0.293 e. The first kappa shape index (κ1) is 39.1. The van der Waals surface area contributed by atoms with E-state index in [1.54, 1.807) is 12.1 Å². The molecule has 5 aliphatic rings. The third-order valence-corrected chi connectivity index (χ3v) is 14.5. The lowest BCUT2D eigenvalue weighted by atomic mass is 9.63. The summed E-state index contributed by atoms with van der Waals surface area (Å²) in [5.74, 6) is 0.0537. The van der Waals surface area contributed by atoms with Gasteiger partial charge in [-0.25, -0.2) is 13.1 Å². The molecule has 3 aromatic rings. The summed E-state index contributed by atoms with van der Waals surface area (Å²) in [5, 5.41) is 18.3. The van der Waals surface area contributed by atoms with Gasteiger partial charge in [-0.15, -0.1) is 0 Å². The maximum absolute atomic E-state index is 14.0. The van der Waals surface area contributed by atoms with Crippen LogP contribution in [-0.4, -0.2) is 82.0 Å². The molecule has 4 fully saturated rings. The molecule has 3 N–H and O–H groups in total. The molecule has 2 heterocycles. The van der Waals surface area contributed by atoms with E-state index in [0.717, 1.165) is 83.0 Å². The van der Waals surface area contributed by atoms with Crippen LogP contribution in [0.3, 0.4) is 0 Å². The van der Waals surface area contributed by atoms with Crippen molar-refractivity contribution in [2.24, 2.45) is 22.7 Å². The number of piperazine rings is 1. The number of hydrogen-bond donors (Lipinski definition) is 3. The summed E-state index contributed by atoms with van der Waals surface area (Å²) in [5.41, 5.74) is 3.88. The maximum Gasteiger partial charge on any atom is 0.293 e. The van der Waals surface area contributed by atoms with E-state index in [1.807, 2.05) is 12.1 Å². The molecule has 2 aliphatic heterocycles. The zero-order chi connectivity index (χ0) is 40.0. The van der Waals surface area contributed by atoms with Crippen molar-refractivity contribution >= 4 is 44.5 Å². The van der Waals surface area contributed by atoms with Gasteiger partial charge < -0.3 is 20.3 Å². The standard InChI is InChI=1S/C43H52N6O7S/c1-42(2)32-15-18-43(42,41(51)45-33-9-10-33)37(25-32)36-6-4-3-5-31(36)28-47-19-21-48(22-20-47)34-11-7-30(8-12-34)40(50)46-57(54,55)35-13-14-38(39(26-35)49(52)53)44-27-29-16-23-56-24-17-29/h3-8,11-14,25-26,29,32-33,44H,9-10,15-24,27-28H2,1-2H3,(H,45,51)(H,46,50). The average molecular weight is 797 g/mol. The van der Waals surface area contributed by atoms with Crippen LogP contribution in [0.4, 0.5) is 17.1 Å².